The number of ether oxygens (including phenoxy) is 1. The molecule has 1 heterocycles. The number of pyridine rings is 1. The minimum absolute atomic E-state index is 0.00171. The average molecular weight is 189 g/mol. The average Bonchev–Trinajstić information content (AvgIpc) is 2.03. The van der Waals surface area contributed by atoms with Crippen molar-refractivity contribution in [3.05, 3.63) is 18.5 Å². The topological polar surface area (TPSA) is 62.6 Å². The van der Waals surface area contributed by atoms with Crippen LogP contribution < -0.4 is 10.2 Å². The van der Waals surface area contributed by atoms with Crippen LogP contribution in [0, 0.1) is 0 Å². The molecule has 0 aliphatic rings. The van der Waals surface area contributed by atoms with Gasteiger partial charge < -0.3 is 14.8 Å². The van der Waals surface area contributed by atoms with Crippen LogP contribution in [-0.4, -0.2) is 28.8 Å². The largest absolute Gasteiger partial charge is 0.490 e. The maximum absolute atomic E-state index is 11.7. The van der Waals surface area contributed by atoms with Crippen molar-refractivity contribution >= 4 is 12.6 Å². The summed E-state index contributed by atoms with van der Waals surface area (Å²) in [5.41, 5.74) is -0.00171. The Morgan fingerprint density at radius 1 is 1.38 bits per heavy atom. The van der Waals surface area contributed by atoms with Crippen molar-refractivity contribution in [1.29, 1.82) is 0 Å². The molecular formula is C6H6BF2NO3. The van der Waals surface area contributed by atoms with Gasteiger partial charge in [0, 0.05) is 11.7 Å². The highest BCUT2D eigenvalue weighted by Crippen LogP contribution is 2.09. The summed E-state index contributed by atoms with van der Waals surface area (Å²) in [5, 5.41) is 17.3. The van der Waals surface area contributed by atoms with E-state index in [1.54, 1.807) is 0 Å². The molecule has 0 aliphatic carbocycles. The molecule has 0 aliphatic heterocycles. The summed E-state index contributed by atoms with van der Waals surface area (Å²) in [7, 11) is -1.74. The molecule has 1 aromatic rings. The highest BCUT2D eigenvalue weighted by atomic mass is 19.3. The van der Waals surface area contributed by atoms with E-state index >= 15 is 0 Å². The zero-order valence-corrected chi connectivity index (χ0v) is 6.39. The van der Waals surface area contributed by atoms with Crippen molar-refractivity contribution in [3.63, 3.8) is 0 Å². The van der Waals surface area contributed by atoms with E-state index in [0.717, 1.165) is 18.5 Å². The summed E-state index contributed by atoms with van der Waals surface area (Å²) < 4.78 is 27.3. The van der Waals surface area contributed by atoms with Crippen molar-refractivity contribution in [2.24, 2.45) is 0 Å². The van der Waals surface area contributed by atoms with E-state index in [2.05, 4.69) is 9.72 Å². The summed E-state index contributed by atoms with van der Waals surface area (Å²) in [6.07, 6.45) is 2.20. The van der Waals surface area contributed by atoms with Gasteiger partial charge >= 0.3 is 13.7 Å². The Morgan fingerprint density at radius 2 is 2.08 bits per heavy atom. The summed E-state index contributed by atoms with van der Waals surface area (Å²) in [5.74, 6) is -0.208. The molecule has 13 heavy (non-hydrogen) atoms. The number of hydrogen-bond donors (Lipinski definition) is 2. The fourth-order valence-electron chi connectivity index (χ4n) is 0.744. The van der Waals surface area contributed by atoms with Crippen molar-refractivity contribution < 1.29 is 23.6 Å². The first-order valence-electron chi connectivity index (χ1n) is 3.35. The summed E-state index contributed by atoms with van der Waals surface area (Å²) in [6, 6.07) is 1.07. The first kappa shape index (κ1) is 9.88. The number of hydrogen-bond acceptors (Lipinski definition) is 4. The van der Waals surface area contributed by atoms with Gasteiger partial charge in [-0.2, -0.15) is 8.78 Å². The predicted molar refractivity (Wildman–Crippen MR) is 40.7 cm³/mol. The fourth-order valence-corrected chi connectivity index (χ4v) is 0.744. The predicted octanol–water partition coefficient (Wildman–Crippen LogP) is -0.637. The normalized spacial score (nSPS) is 10.2. The van der Waals surface area contributed by atoms with Crippen LogP contribution in [0.15, 0.2) is 18.5 Å². The first-order valence-corrected chi connectivity index (χ1v) is 3.35. The van der Waals surface area contributed by atoms with Gasteiger partial charge in [0.15, 0.2) is 0 Å². The lowest BCUT2D eigenvalue weighted by molar-refractivity contribution is -0.0500. The van der Waals surface area contributed by atoms with Gasteiger partial charge in [-0.25, -0.2) is 0 Å². The van der Waals surface area contributed by atoms with E-state index in [1.165, 1.54) is 0 Å². The highest BCUT2D eigenvalue weighted by molar-refractivity contribution is 6.58. The molecule has 0 unspecified atom stereocenters. The lowest BCUT2D eigenvalue weighted by Gasteiger charge is -2.04. The summed E-state index contributed by atoms with van der Waals surface area (Å²) in [6.45, 7) is -2.95. The van der Waals surface area contributed by atoms with Crippen molar-refractivity contribution in [2.45, 2.75) is 6.61 Å². The second-order valence-electron chi connectivity index (χ2n) is 2.21. The van der Waals surface area contributed by atoms with Gasteiger partial charge in [0.1, 0.15) is 5.75 Å². The van der Waals surface area contributed by atoms with Gasteiger partial charge in [-0.3, -0.25) is 4.98 Å². The number of halogens is 2. The maximum Gasteiger partial charge on any atom is 0.490 e. The molecule has 4 nitrogen and oxygen atoms in total. The van der Waals surface area contributed by atoms with Crippen LogP contribution in [0.5, 0.6) is 5.75 Å². The number of rotatable bonds is 3. The lowest BCUT2D eigenvalue weighted by atomic mass is 9.82. The van der Waals surface area contributed by atoms with Crippen LogP contribution in [-0.2, 0) is 0 Å². The van der Waals surface area contributed by atoms with Crippen molar-refractivity contribution in [2.75, 3.05) is 0 Å². The Hall–Kier alpha value is -1.21. The molecule has 0 saturated carbocycles. The van der Waals surface area contributed by atoms with Gasteiger partial charge in [0.2, 0.25) is 0 Å². The SMILES string of the molecule is OB(O)c1cncc(OC(F)F)c1. The molecule has 70 valence electrons. The Bertz CT molecular complexity index is 284. The van der Waals surface area contributed by atoms with Gasteiger partial charge in [0.25, 0.3) is 0 Å². The molecule has 1 rings (SSSR count). The molecule has 1 aromatic heterocycles. The lowest BCUT2D eigenvalue weighted by Crippen LogP contribution is -2.30. The summed E-state index contributed by atoms with van der Waals surface area (Å²) in [4.78, 5) is 3.48. The molecule has 0 amide bonds. The van der Waals surface area contributed by atoms with E-state index < -0.39 is 13.7 Å². The Balaban J connectivity index is 2.79. The molecule has 2 N–H and O–H groups in total. The maximum atomic E-state index is 11.7. The minimum Gasteiger partial charge on any atom is -0.433 e. The van der Waals surface area contributed by atoms with Gasteiger partial charge in [-0.15, -0.1) is 0 Å². The van der Waals surface area contributed by atoms with Crippen LogP contribution in [0.1, 0.15) is 0 Å². The van der Waals surface area contributed by atoms with Gasteiger partial charge in [0.05, 0.1) is 6.20 Å². The Kier molecular flexibility index (Phi) is 3.15. The third-order valence-corrected chi connectivity index (χ3v) is 1.26. The minimum atomic E-state index is -2.95. The quantitative estimate of drug-likeness (QED) is 0.621. The number of aromatic nitrogens is 1. The standard InChI is InChI=1S/C6H6BF2NO3/c8-6(9)13-5-1-4(7(11)12)2-10-3-5/h1-3,6,11-12H. The molecule has 0 aromatic carbocycles. The molecule has 0 bridgehead atoms. The van der Waals surface area contributed by atoms with Crippen LogP contribution in [0.2, 0.25) is 0 Å². The monoisotopic (exact) mass is 189 g/mol. The van der Waals surface area contributed by atoms with E-state index in [-0.39, 0.29) is 11.2 Å². The molecular weight excluding hydrogens is 183 g/mol. The van der Waals surface area contributed by atoms with E-state index in [0.29, 0.717) is 0 Å². The van der Waals surface area contributed by atoms with Crippen LogP contribution in [0.3, 0.4) is 0 Å². The second kappa shape index (κ2) is 4.15. The Labute approximate surface area is 72.9 Å². The third kappa shape index (κ3) is 2.96. The van der Waals surface area contributed by atoms with Crippen molar-refractivity contribution in [3.8, 4) is 5.75 Å². The second-order valence-corrected chi connectivity index (χ2v) is 2.21. The smallest absolute Gasteiger partial charge is 0.433 e. The molecule has 0 spiro atoms. The third-order valence-electron chi connectivity index (χ3n) is 1.26. The molecule has 0 fully saturated rings. The Morgan fingerprint density at radius 3 is 2.62 bits per heavy atom. The van der Waals surface area contributed by atoms with E-state index in [1.807, 2.05) is 0 Å². The zero-order chi connectivity index (χ0) is 9.84. The molecule has 0 saturated heterocycles. The van der Waals surface area contributed by atoms with Gasteiger partial charge in [-0.1, -0.05) is 0 Å². The molecule has 0 atom stereocenters. The van der Waals surface area contributed by atoms with E-state index in [9.17, 15) is 8.78 Å². The number of nitrogens with zero attached hydrogens (tertiary/aromatic N) is 1. The van der Waals surface area contributed by atoms with E-state index in [4.69, 9.17) is 10.0 Å². The molecule has 7 heteroatoms. The van der Waals surface area contributed by atoms with Crippen molar-refractivity contribution in [1.82, 2.24) is 4.98 Å². The highest BCUT2D eigenvalue weighted by Gasteiger charge is 2.13. The first-order chi connectivity index (χ1) is 6.09. The zero-order valence-electron chi connectivity index (χ0n) is 6.39. The number of alkyl halides is 2. The summed E-state index contributed by atoms with van der Waals surface area (Å²) >= 11 is 0. The van der Waals surface area contributed by atoms with Crippen LogP contribution in [0.4, 0.5) is 8.78 Å². The van der Waals surface area contributed by atoms with Gasteiger partial charge in [-0.05, 0) is 6.07 Å². The molecule has 0 radical (unpaired) electrons. The van der Waals surface area contributed by atoms with Crippen LogP contribution in [0.25, 0.3) is 0 Å². The fraction of sp³-hybridized carbons (Fsp3) is 0.167. The van der Waals surface area contributed by atoms with Crippen LogP contribution >= 0.6 is 0 Å².